The van der Waals surface area contributed by atoms with E-state index in [4.69, 9.17) is 0 Å². The van der Waals surface area contributed by atoms with Crippen LogP contribution >= 0.6 is 0 Å². The summed E-state index contributed by atoms with van der Waals surface area (Å²) in [6.45, 7) is 7.58. The largest absolute Gasteiger partial charge is 0.480 e. The van der Waals surface area contributed by atoms with Crippen LogP contribution in [0.25, 0.3) is 0 Å². The molecule has 1 fully saturated rings. The van der Waals surface area contributed by atoms with Crippen LogP contribution in [0.4, 0.5) is 0 Å². The maximum Gasteiger partial charge on any atom is 0.324 e. The third kappa shape index (κ3) is 1.96. The van der Waals surface area contributed by atoms with E-state index in [0.717, 1.165) is 13.1 Å². The summed E-state index contributed by atoms with van der Waals surface area (Å²) in [6, 6.07) is 0. The number of hydrogen-bond acceptors (Lipinski definition) is 3. The molecule has 0 bridgehead atoms. The summed E-state index contributed by atoms with van der Waals surface area (Å²) in [5.74, 6) is -0.665. The van der Waals surface area contributed by atoms with Crippen LogP contribution in [0.3, 0.4) is 0 Å². The molecule has 0 radical (unpaired) electrons. The summed E-state index contributed by atoms with van der Waals surface area (Å²) in [4.78, 5) is 11.3. The smallest absolute Gasteiger partial charge is 0.324 e. The number of carbonyl (C=O) groups is 1. The average Bonchev–Trinajstić information content (AvgIpc) is 2.16. The van der Waals surface area contributed by atoms with Gasteiger partial charge in [-0.3, -0.25) is 10.1 Å². The first-order chi connectivity index (χ1) is 6.63. The fourth-order valence-corrected chi connectivity index (χ4v) is 1.94. The molecule has 0 aromatic heterocycles. The molecule has 1 aliphatic rings. The van der Waals surface area contributed by atoms with Crippen LogP contribution in [0.2, 0.25) is 0 Å². The second kappa shape index (κ2) is 4.57. The van der Waals surface area contributed by atoms with E-state index in [1.807, 2.05) is 6.92 Å². The summed E-state index contributed by atoms with van der Waals surface area (Å²) in [6.07, 6.45) is 2.32. The van der Waals surface area contributed by atoms with Gasteiger partial charge >= 0.3 is 5.97 Å². The fourth-order valence-electron chi connectivity index (χ4n) is 1.94. The van der Waals surface area contributed by atoms with E-state index in [1.165, 1.54) is 0 Å². The lowest BCUT2D eigenvalue weighted by Crippen LogP contribution is -2.62. The van der Waals surface area contributed by atoms with Gasteiger partial charge in [0, 0.05) is 13.1 Å². The van der Waals surface area contributed by atoms with Crippen LogP contribution in [0.1, 0.15) is 13.3 Å². The highest BCUT2D eigenvalue weighted by molar-refractivity contribution is 5.79. The van der Waals surface area contributed by atoms with Crippen LogP contribution in [-0.2, 0) is 4.79 Å². The van der Waals surface area contributed by atoms with Crippen molar-refractivity contribution in [3.8, 4) is 0 Å². The Morgan fingerprint density at radius 1 is 1.86 bits per heavy atom. The molecule has 3 N–H and O–H groups in total. The van der Waals surface area contributed by atoms with Crippen LogP contribution in [0.5, 0.6) is 0 Å². The molecular weight excluding hydrogens is 180 g/mol. The third-order valence-corrected chi connectivity index (χ3v) is 2.93. The molecule has 0 saturated carbocycles. The molecular formula is C10H18N2O2. The fraction of sp³-hybridized carbons (Fsp3) is 0.700. The molecule has 4 heteroatoms. The van der Waals surface area contributed by atoms with Crippen molar-refractivity contribution in [2.45, 2.75) is 18.9 Å². The van der Waals surface area contributed by atoms with E-state index in [0.29, 0.717) is 13.0 Å². The summed E-state index contributed by atoms with van der Waals surface area (Å²) in [7, 11) is 0. The predicted octanol–water partition coefficient (Wildman–Crippen LogP) is 0.215. The van der Waals surface area contributed by atoms with Crippen molar-refractivity contribution in [1.82, 2.24) is 10.6 Å². The molecule has 14 heavy (non-hydrogen) atoms. The molecule has 0 spiro atoms. The number of carboxylic acids is 1. The van der Waals surface area contributed by atoms with Gasteiger partial charge in [-0.05, 0) is 18.9 Å². The van der Waals surface area contributed by atoms with Gasteiger partial charge in [-0.25, -0.2) is 0 Å². The van der Waals surface area contributed by atoms with Gasteiger partial charge in [-0.15, -0.1) is 6.58 Å². The van der Waals surface area contributed by atoms with Crippen LogP contribution < -0.4 is 10.6 Å². The molecule has 1 aliphatic heterocycles. The van der Waals surface area contributed by atoms with Crippen molar-refractivity contribution in [3.05, 3.63) is 12.7 Å². The number of aliphatic carboxylic acids is 1. The van der Waals surface area contributed by atoms with E-state index in [1.54, 1.807) is 6.08 Å². The zero-order valence-corrected chi connectivity index (χ0v) is 8.55. The molecule has 0 aromatic carbocycles. The number of piperidine rings is 1. The Morgan fingerprint density at radius 2 is 2.57 bits per heavy atom. The van der Waals surface area contributed by atoms with Gasteiger partial charge in [-0.2, -0.15) is 0 Å². The van der Waals surface area contributed by atoms with E-state index >= 15 is 0 Å². The highest BCUT2D eigenvalue weighted by Gasteiger charge is 2.44. The quantitative estimate of drug-likeness (QED) is 0.565. The van der Waals surface area contributed by atoms with Crippen molar-refractivity contribution in [2.75, 3.05) is 19.6 Å². The first-order valence-electron chi connectivity index (χ1n) is 4.93. The van der Waals surface area contributed by atoms with Crippen LogP contribution in [0, 0.1) is 5.92 Å². The molecule has 0 aliphatic carbocycles. The number of carboxylic acid groups (broad SMARTS) is 1. The molecule has 1 heterocycles. The Hall–Kier alpha value is -0.870. The maximum absolute atomic E-state index is 11.3. The monoisotopic (exact) mass is 198 g/mol. The van der Waals surface area contributed by atoms with E-state index in [2.05, 4.69) is 17.2 Å². The molecule has 2 unspecified atom stereocenters. The Balaban J connectivity index is 2.77. The minimum absolute atomic E-state index is 0.0914. The zero-order valence-electron chi connectivity index (χ0n) is 8.55. The lowest BCUT2D eigenvalue weighted by molar-refractivity contribution is -0.148. The van der Waals surface area contributed by atoms with E-state index in [9.17, 15) is 9.90 Å². The second-order valence-electron chi connectivity index (χ2n) is 3.80. The lowest BCUT2D eigenvalue weighted by Gasteiger charge is -2.39. The zero-order chi connectivity index (χ0) is 10.6. The molecule has 80 valence electrons. The summed E-state index contributed by atoms with van der Waals surface area (Å²) >= 11 is 0. The number of rotatable bonds is 4. The molecule has 1 saturated heterocycles. The number of hydrogen-bond donors (Lipinski definition) is 3. The molecule has 2 atom stereocenters. The third-order valence-electron chi connectivity index (χ3n) is 2.93. The normalized spacial score (nSPS) is 32.5. The minimum Gasteiger partial charge on any atom is -0.480 e. The maximum atomic E-state index is 11.3. The standard InChI is InChI=1S/C10H18N2O2/c1-3-5-12-10(9(13)14)4-6-11-7-8(10)2/h3,8,11-12H,1,4-7H2,2H3,(H,13,14). The SMILES string of the molecule is C=CCNC1(C(=O)O)CCNCC1C. The van der Waals surface area contributed by atoms with Gasteiger partial charge < -0.3 is 10.4 Å². The molecule has 0 aromatic rings. The van der Waals surface area contributed by atoms with Crippen LogP contribution in [-0.4, -0.2) is 36.2 Å². The van der Waals surface area contributed by atoms with Gasteiger partial charge in [0.25, 0.3) is 0 Å². The number of nitrogens with one attached hydrogen (secondary N) is 2. The van der Waals surface area contributed by atoms with Gasteiger partial charge in [-0.1, -0.05) is 13.0 Å². The van der Waals surface area contributed by atoms with Crippen molar-refractivity contribution < 1.29 is 9.90 Å². The van der Waals surface area contributed by atoms with Crippen LogP contribution in [0.15, 0.2) is 12.7 Å². The molecule has 1 rings (SSSR count). The lowest BCUT2D eigenvalue weighted by atomic mass is 9.79. The van der Waals surface area contributed by atoms with Crippen molar-refractivity contribution in [1.29, 1.82) is 0 Å². The van der Waals surface area contributed by atoms with Gasteiger partial charge in [0.05, 0.1) is 0 Å². The summed E-state index contributed by atoms with van der Waals surface area (Å²) in [5.41, 5.74) is -0.778. The first kappa shape index (κ1) is 11.2. The van der Waals surface area contributed by atoms with Gasteiger partial charge in [0.15, 0.2) is 0 Å². The summed E-state index contributed by atoms with van der Waals surface area (Å²) in [5, 5.41) is 15.5. The first-order valence-corrected chi connectivity index (χ1v) is 4.93. The van der Waals surface area contributed by atoms with Crippen molar-refractivity contribution in [2.24, 2.45) is 5.92 Å². The van der Waals surface area contributed by atoms with Crippen molar-refractivity contribution >= 4 is 5.97 Å². The highest BCUT2D eigenvalue weighted by atomic mass is 16.4. The Bertz CT molecular complexity index is 230. The van der Waals surface area contributed by atoms with E-state index in [-0.39, 0.29) is 5.92 Å². The average molecular weight is 198 g/mol. The minimum atomic E-state index is -0.778. The summed E-state index contributed by atoms with van der Waals surface area (Å²) < 4.78 is 0. The van der Waals surface area contributed by atoms with E-state index < -0.39 is 11.5 Å². The second-order valence-corrected chi connectivity index (χ2v) is 3.80. The Labute approximate surface area is 84.4 Å². The molecule has 4 nitrogen and oxygen atoms in total. The Kier molecular flexibility index (Phi) is 3.66. The van der Waals surface area contributed by atoms with Crippen molar-refractivity contribution in [3.63, 3.8) is 0 Å². The predicted molar refractivity (Wildman–Crippen MR) is 55.2 cm³/mol. The molecule has 0 amide bonds. The topological polar surface area (TPSA) is 61.4 Å². The Morgan fingerprint density at radius 3 is 3.07 bits per heavy atom. The van der Waals surface area contributed by atoms with Gasteiger partial charge in [0.1, 0.15) is 5.54 Å². The van der Waals surface area contributed by atoms with Gasteiger partial charge in [0.2, 0.25) is 0 Å². The highest BCUT2D eigenvalue weighted by Crippen LogP contribution is 2.24.